The molecule has 0 spiro atoms. The van der Waals surface area contributed by atoms with Gasteiger partial charge >= 0.3 is 0 Å². The molecule has 7 nitrogen and oxygen atoms in total. The van der Waals surface area contributed by atoms with E-state index in [4.69, 9.17) is 0 Å². The third-order valence-electron chi connectivity index (χ3n) is 8.08. The van der Waals surface area contributed by atoms with E-state index in [-0.39, 0.29) is 11.7 Å². The van der Waals surface area contributed by atoms with E-state index in [2.05, 4.69) is 23.6 Å². The van der Waals surface area contributed by atoms with E-state index in [1.807, 2.05) is 52.1 Å². The topological polar surface area (TPSA) is 74.7 Å². The summed E-state index contributed by atoms with van der Waals surface area (Å²) in [5, 5.41) is 1.04. The van der Waals surface area contributed by atoms with Crippen molar-refractivity contribution < 1.29 is 17.6 Å². The van der Waals surface area contributed by atoms with Crippen molar-refractivity contribution in [2.45, 2.75) is 64.3 Å². The zero-order chi connectivity index (χ0) is 30.1. The van der Waals surface area contributed by atoms with Gasteiger partial charge in [-0.3, -0.25) is 4.79 Å². The third-order valence-corrected chi connectivity index (χ3v) is 8.81. The number of nitrogens with one attached hydrogen (secondary N) is 1. The Labute approximate surface area is 251 Å². The Hall–Kier alpha value is -2.75. The van der Waals surface area contributed by atoms with Gasteiger partial charge < -0.3 is 14.4 Å². The normalized spacial score (nSPS) is 19.1. The second-order valence-electron chi connectivity index (χ2n) is 12.1. The van der Waals surface area contributed by atoms with Gasteiger partial charge in [-0.2, -0.15) is 0 Å². The van der Waals surface area contributed by atoms with Crippen molar-refractivity contribution in [3.63, 3.8) is 0 Å². The Kier molecular flexibility index (Phi) is 11.6. The van der Waals surface area contributed by atoms with Crippen LogP contribution in [0.5, 0.6) is 0 Å². The van der Waals surface area contributed by atoms with Crippen LogP contribution in [0.2, 0.25) is 0 Å². The number of carbonyl (C=O) groups excluding carboxylic acids is 1. The van der Waals surface area contributed by atoms with Gasteiger partial charge in [0.2, 0.25) is 10.0 Å². The predicted molar refractivity (Wildman–Crippen MR) is 169 cm³/mol. The minimum absolute atomic E-state index is 0.0872. The highest BCUT2D eigenvalue weighted by molar-refractivity contribution is 7.88. The fourth-order valence-electron chi connectivity index (χ4n) is 5.49. The average molecular weight is 599 g/mol. The molecule has 3 heterocycles. The molecule has 1 aromatic heterocycles. The maximum absolute atomic E-state index is 12.9. The van der Waals surface area contributed by atoms with Crippen LogP contribution in [-0.4, -0.2) is 74.7 Å². The Balaban J connectivity index is 0.000000198. The number of hydrogen-bond donors (Lipinski definition) is 1. The van der Waals surface area contributed by atoms with E-state index in [9.17, 15) is 17.6 Å². The summed E-state index contributed by atoms with van der Waals surface area (Å²) in [5.74, 6) is 1.13. The number of nitrogens with zero attached hydrogens (tertiary/aromatic N) is 3. The first-order chi connectivity index (χ1) is 20.1. The molecule has 0 bridgehead atoms. The summed E-state index contributed by atoms with van der Waals surface area (Å²) in [7, 11) is -1.01. The van der Waals surface area contributed by atoms with E-state index < -0.39 is 10.0 Å². The zero-order valence-electron chi connectivity index (χ0n) is 25.4. The molecule has 3 fully saturated rings. The molecule has 3 aromatic rings. The number of halogens is 1. The second kappa shape index (κ2) is 15.1. The predicted octanol–water partition coefficient (Wildman–Crippen LogP) is 5.87. The molecule has 2 aromatic carbocycles. The van der Waals surface area contributed by atoms with Gasteiger partial charge in [0.25, 0.3) is 5.91 Å². The van der Waals surface area contributed by atoms with Gasteiger partial charge in [0.15, 0.2) is 0 Å². The molecular weight excluding hydrogens is 551 g/mol. The molecule has 2 aliphatic heterocycles. The molecule has 42 heavy (non-hydrogen) atoms. The summed E-state index contributed by atoms with van der Waals surface area (Å²) in [6, 6.07) is 14.8. The minimum Gasteiger partial charge on any atom is -0.347 e. The Bertz CT molecular complexity index is 1390. The average Bonchev–Trinajstić information content (AvgIpc) is 3.70. The van der Waals surface area contributed by atoms with Crippen molar-refractivity contribution in [1.29, 1.82) is 0 Å². The smallest absolute Gasteiger partial charge is 0.256 e. The molecule has 1 amide bonds. The van der Waals surface area contributed by atoms with Gasteiger partial charge in [0, 0.05) is 37.8 Å². The molecule has 1 atom stereocenters. The highest BCUT2D eigenvalue weighted by atomic mass is 32.2. The molecule has 230 valence electrons. The number of benzene rings is 2. The lowest BCUT2D eigenvalue weighted by Crippen LogP contribution is -2.29. The summed E-state index contributed by atoms with van der Waals surface area (Å²) < 4.78 is 39.6. The van der Waals surface area contributed by atoms with Crippen LogP contribution in [0, 0.1) is 11.7 Å². The van der Waals surface area contributed by atoms with Crippen molar-refractivity contribution in [3.8, 4) is 0 Å². The van der Waals surface area contributed by atoms with Gasteiger partial charge in [-0.05, 0) is 87.5 Å². The Morgan fingerprint density at radius 3 is 2.26 bits per heavy atom. The molecule has 0 radical (unpaired) electrons. The van der Waals surface area contributed by atoms with E-state index in [0.717, 1.165) is 55.3 Å². The lowest BCUT2D eigenvalue weighted by Gasteiger charge is -2.29. The number of aryl methyl sites for hydroxylation is 1. The number of para-hydroxylation sites is 1. The van der Waals surface area contributed by atoms with Gasteiger partial charge in [-0.1, -0.05) is 50.5 Å². The molecule has 1 aliphatic carbocycles. The number of rotatable bonds is 7. The first-order valence-electron chi connectivity index (χ1n) is 15.4. The fraction of sp³-hybridized carbons (Fsp3) is 0.545. The molecular formula is C33H47FN4O3S. The van der Waals surface area contributed by atoms with Crippen LogP contribution in [0.3, 0.4) is 0 Å². The van der Waals surface area contributed by atoms with Crippen molar-refractivity contribution in [3.05, 3.63) is 71.7 Å². The number of sulfonamides is 1. The first-order valence-corrected chi connectivity index (χ1v) is 17.3. The number of carbonyl (C=O) groups is 1. The SMILES string of the molecule is C1CC1.CN1CCC(c2ccc(F)cc2)CC1.C[C@H]1CCN(C(=O)c2cccc3ccn(CCCNS(C)(=O)=O)c23)C1. The summed E-state index contributed by atoms with van der Waals surface area (Å²) in [5.41, 5.74) is 2.96. The van der Waals surface area contributed by atoms with Crippen molar-refractivity contribution in [2.75, 3.05) is 46.0 Å². The van der Waals surface area contributed by atoms with Crippen molar-refractivity contribution >= 4 is 26.8 Å². The fourth-order valence-corrected chi connectivity index (χ4v) is 6.01. The quantitative estimate of drug-likeness (QED) is 0.346. The van der Waals surface area contributed by atoms with Crippen LogP contribution in [0.15, 0.2) is 54.7 Å². The van der Waals surface area contributed by atoms with Crippen LogP contribution in [0.4, 0.5) is 4.39 Å². The van der Waals surface area contributed by atoms with E-state index in [1.54, 1.807) is 12.1 Å². The third kappa shape index (κ3) is 9.92. The minimum atomic E-state index is -3.17. The summed E-state index contributed by atoms with van der Waals surface area (Å²) in [4.78, 5) is 17.2. The van der Waals surface area contributed by atoms with Crippen LogP contribution < -0.4 is 4.72 Å². The largest absolute Gasteiger partial charge is 0.347 e. The molecule has 6 rings (SSSR count). The number of piperidine rings is 1. The van der Waals surface area contributed by atoms with E-state index in [0.29, 0.717) is 31.3 Å². The maximum atomic E-state index is 12.9. The van der Waals surface area contributed by atoms with E-state index in [1.165, 1.54) is 37.7 Å². The molecule has 9 heteroatoms. The molecule has 2 saturated heterocycles. The van der Waals surface area contributed by atoms with Gasteiger partial charge in [-0.25, -0.2) is 17.5 Å². The number of fused-ring (bicyclic) bond motifs is 1. The molecule has 1 N–H and O–H groups in total. The lowest BCUT2D eigenvalue weighted by atomic mass is 9.90. The van der Waals surface area contributed by atoms with Crippen molar-refractivity contribution in [1.82, 2.24) is 19.1 Å². The lowest BCUT2D eigenvalue weighted by molar-refractivity contribution is 0.0789. The van der Waals surface area contributed by atoms with E-state index >= 15 is 0 Å². The zero-order valence-corrected chi connectivity index (χ0v) is 26.2. The van der Waals surface area contributed by atoms with Gasteiger partial charge in [-0.15, -0.1) is 0 Å². The monoisotopic (exact) mass is 598 g/mol. The highest BCUT2D eigenvalue weighted by Gasteiger charge is 2.26. The highest BCUT2D eigenvalue weighted by Crippen LogP contribution is 2.27. The van der Waals surface area contributed by atoms with Gasteiger partial charge in [0.1, 0.15) is 5.82 Å². The summed E-state index contributed by atoms with van der Waals surface area (Å²) >= 11 is 0. The maximum Gasteiger partial charge on any atom is 0.256 e. The molecule has 0 unspecified atom stereocenters. The van der Waals surface area contributed by atoms with Crippen LogP contribution in [0.25, 0.3) is 10.9 Å². The summed E-state index contributed by atoms with van der Waals surface area (Å²) in [6.07, 6.45) is 11.7. The Morgan fingerprint density at radius 2 is 1.67 bits per heavy atom. The first kappa shape index (κ1) is 32.2. The van der Waals surface area contributed by atoms with Crippen LogP contribution in [0.1, 0.15) is 73.7 Å². The number of likely N-dealkylation sites (tertiary alicyclic amines) is 2. The number of amides is 1. The molecule has 1 saturated carbocycles. The van der Waals surface area contributed by atoms with Crippen molar-refractivity contribution in [2.24, 2.45) is 5.92 Å². The van der Waals surface area contributed by atoms with Crippen LogP contribution >= 0.6 is 0 Å². The van der Waals surface area contributed by atoms with Crippen LogP contribution in [-0.2, 0) is 16.6 Å². The molecule has 3 aliphatic rings. The Morgan fingerprint density at radius 1 is 0.976 bits per heavy atom. The second-order valence-corrected chi connectivity index (χ2v) is 13.9. The van der Waals surface area contributed by atoms with Gasteiger partial charge in [0.05, 0.1) is 17.3 Å². The summed E-state index contributed by atoms with van der Waals surface area (Å²) in [6.45, 7) is 7.16. The number of aromatic nitrogens is 1. The number of hydrogen-bond acceptors (Lipinski definition) is 4. The standard InChI is InChI=1S/C18H25N3O3S.C12H16FN.C3H6/c1-14-7-11-21(13-14)18(22)16-6-3-5-15-8-12-20(17(15)16)10-4-9-19-25(2,23)24;1-14-8-6-11(7-9-14)10-2-4-12(13)5-3-10;1-2-3-1/h3,5-6,8,12,14,19H,4,7,9-11,13H2,1-2H3;2-5,11H,6-9H2,1H3;1-3H2/t14-;;/m0../s1.